The number of hydrogen-bond acceptors (Lipinski definition) is 4. The highest BCUT2D eigenvalue weighted by atomic mass is 35.5. The van der Waals surface area contributed by atoms with Gasteiger partial charge in [-0.1, -0.05) is 17.7 Å². The zero-order valence-corrected chi connectivity index (χ0v) is 14.2. The molecule has 0 aliphatic carbocycles. The third-order valence-electron chi connectivity index (χ3n) is 3.50. The molecule has 0 spiro atoms. The number of carbonyl (C=O) groups excluding carboxylic acids is 1. The zero-order chi connectivity index (χ0) is 16.2. The van der Waals surface area contributed by atoms with Gasteiger partial charge in [0.1, 0.15) is 10.8 Å². The molecule has 22 heavy (non-hydrogen) atoms. The lowest BCUT2D eigenvalue weighted by molar-refractivity contribution is 0.0477. The second kappa shape index (κ2) is 7.29. The molecule has 1 saturated heterocycles. The van der Waals surface area contributed by atoms with E-state index >= 15 is 0 Å². The third kappa shape index (κ3) is 5.81. The molecule has 1 aliphatic rings. The quantitative estimate of drug-likeness (QED) is 0.867. The number of likely N-dealkylation sites (tertiary alicyclic amines) is 1. The van der Waals surface area contributed by atoms with Gasteiger partial charge in [0.15, 0.2) is 0 Å². The molecule has 1 fully saturated rings. The van der Waals surface area contributed by atoms with Gasteiger partial charge >= 0.3 is 6.09 Å². The van der Waals surface area contributed by atoms with Gasteiger partial charge in [0, 0.05) is 31.9 Å². The number of pyridine rings is 1. The number of hydrogen-bond donors (Lipinski definition) is 1. The minimum absolute atomic E-state index is 0.189. The summed E-state index contributed by atoms with van der Waals surface area (Å²) in [5, 5.41) is 3.47. The Morgan fingerprint density at radius 3 is 2.64 bits per heavy atom. The minimum atomic E-state index is -0.452. The highest BCUT2D eigenvalue weighted by Gasteiger charge is 2.23. The molecular weight excluding hydrogens is 302 g/mol. The Bertz CT molecular complexity index is 491. The molecule has 6 heteroatoms. The van der Waals surface area contributed by atoms with Crippen molar-refractivity contribution in [1.29, 1.82) is 0 Å². The number of amides is 1. The summed E-state index contributed by atoms with van der Waals surface area (Å²) in [7, 11) is 0. The number of alkyl carbamates (subject to hydrolysis) is 1. The van der Waals surface area contributed by atoms with Crippen LogP contribution >= 0.6 is 11.6 Å². The van der Waals surface area contributed by atoms with Crippen molar-refractivity contribution in [3.8, 4) is 0 Å². The number of halogens is 1. The van der Waals surface area contributed by atoms with Crippen molar-refractivity contribution in [1.82, 2.24) is 15.2 Å². The molecular formula is C16H24ClN3O2. The zero-order valence-electron chi connectivity index (χ0n) is 13.4. The number of ether oxygens (including phenoxy) is 1. The fraction of sp³-hybridized carbons (Fsp3) is 0.625. The van der Waals surface area contributed by atoms with E-state index in [4.69, 9.17) is 16.3 Å². The van der Waals surface area contributed by atoms with Crippen LogP contribution < -0.4 is 5.32 Å². The predicted molar refractivity (Wildman–Crippen MR) is 86.9 cm³/mol. The van der Waals surface area contributed by atoms with Gasteiger partial charge in [-0.15, -0.1) is 0 Å². The highest BCUT2D eigenvalue weighted by molar-refractivity contribution is 6.29. The van der Waals surface area contributed by atoms with Crippen molar-refractivity contribution in [2.75, 3.05) is 13.1 Å². The Hall–Kier alpha value is -1.33. The van der Waals surface area contributed by atoms with Gasteiger partial charge < -0.3 is 10.1 Å². The summed E-state index contributed by atoms with van der Waals surface area (Å²) in [5.41, 5.74) is 0.703. The fourth-order valence-electron chi connectivity index (χ4n) is 2.47. The molecule has 1 aliphatic heterocycles. The van der Waals surface area contributed by atoms with Crippen LogP contribution in [-0.4, -0.2) is 40.7 Å². The summed E-state index contributed by atoms with van der Waals surface area (Å²) < 4.78 is 5.29. The predicted octanol–water partition coefficient (Wildman–Crippen LogP) is 3.22. The number of nitrogens with zero attached hydrogens (tertiary/aromatic N) is 2. The average Bonchev–Trinajstić information content (AvgIpc) is 2.41. The molecule has 1 amide bonds. The highest BCUT2D eigenvalue weighted by Crippen LogP contribution is 2.15. The summed E-state index contributed by atoms with van der Waals surface area (Å²) >= 11 is 5.79. The topological polar surface area (TPSA) is 54.5 Å². The van der Waals surface area contributed by atoms with Crippen LogP contribution in [0.4, 0.5) is 4.79 Å². The normalized spacial score (nSPS) is 17.3. The SMILES string of the molecule is CC(C)(C)OC(=O)NC1CCN(Cc2ccc(Cl)nc2)CC1. The first-order chi connectivity index (χ1) is 10.3. The molecule has 122 valence electrons. The van der Waals surface area contributed by atoms with Crippen molar-refractivity contribution in [3.05, 3.63) is 29.0 Å². The third-order valence-corrected chi connectivity index (χ3v) is 3.73. The van der Waals surface area contributed by atoms with E-state index in [9.17, 15) is 4.79 Å². The number of rotatable bonds is 3. The van der Waals surface area contributed by atoms with E-state index in [0.717, 1.165) is 38.0 Å². The molecule has 2 rings (SSSR count). The van der Waals surface area contributed by atoms with E-state index in [1.165, 1.54) is 0 Å². The molecule has 1 N–H and O–H groups in total. The first-order valence-corrected chi connectivity index (χ1v) is 8.02. The van der Waals surface area contributed by atoms with Gasteiger partial charge in [0.25, 0.3) is 0 Å². The molecule has 1 aromatic rings. The summed E-state index contributed by atoms with van der Waals surface area (Å²) in [4.78, 5) is 18.2. The molecule has 0 saturated carbocycles. The number of piperidine rings is 1. The number of nitrogens with one attached hydrogen (secondary N) is 1. The lowest BCUT2D eigenvalue weighted by atomic mass is 10.0. The van der Waals surface area contributed by atoms with Crippen LogP contribution in [0, 0.1) is 0 Å². The molecule has 1 aromatic heterocycles. The van der Waals surface area contributed by atoms with Crippen LogP contribution in [0.2, 0.25) is 5.15 Å². The first-order valence-electron chi connectivity index (χ1n) is 7.64. The van der Waals surface area contributed by atoms with Crippen molar-refractivity contribution in [2.24, 2.45) is 0 Å². The van der Waals surface area contributed by atoms with Crippen molar-refractivity contribution in [3.63, 3.8) is 0 Å². The lowest BCUT2D eigenvalue weighted by Crippen LogP contribution is -2.45. The van der Waals surface area contributed by atoms with Crippen molar-refractivity contribution >= 4 is 17.7 Å². The summed E-state index contributed by atoms with van der Waals surface area (Å²) in [6.45, 7) is 8.37. The molecule has 0 unspecified atom stereocenters. The van der Waals surface area contributed by atoms with Crippen LogP contribution in [0.25, 0.3) is 0 Å². The van der Waals surface area contributed by atoms with Gasteiger partial charge in [-0.2, -0.15) is 0 Å². The maximum absolute atomic E-state index is 11.8. The van der Waals surface area contributed by atoms with Gasteiger partial charge in [-0.05, 0) is 45.2 Å². The number of aromatic nitrogens is 1. The average molecular weight is 326 g/mol. The summed E-state index contributed by atoms with van der Waals surface area (Å²) in [5.74, 6) is 0. The Morgan fingerprint density at radius 1 is 1.41 bits per heavy atom. The first kappa shape index (κ1) is 17.0. The van der Waals surface area contributed by atoms with E-state index in [0.29, 0.717) is 5.15 Å². The molecule has 0 aromatic carbocycles. The second-order valence-electron chi connectivity index (χ2n) is 6.69. The monoisotopic (exact) mass is 325 g/mol. The van der Waals surface area contributed by atoms with E-state index < -0.39 is 5.60 Å². The lowest BCUT2D eigenvalue weighted by Gasteiger charge is -2.32. The molecule has 0 atom stereocenters. The van der Waals surface area contributed by atoms with Crippen LogP contribution in [0.5, 0.6) is 0 Å². The Balaban J connectivity index is 1.73. The van der Waals surface area contributed by atoms with E-state index in [2.05, 4.69) is 15.2 Å². The molecule has 0 radical (unpaired) electrons. The largest absolute Gasteiger partial charge is 0.444 e. The Kier molecular flexibility index (Phi) is 5.64. The maximum Gasteiger partial charge on any atom is 0.407 e. The van der Waals surface area contributed by atoms with E-state index in [-0.39, 0.29) is 12.1 Å². The van der Waals surface area contributed by atoms with Crippen molar-refractivity contribution < 1.29 is 9.53 Å². The smallest absolute Gasteiger partial charge is 0.407 e. The van der Waals surface area contributed by atoms with Gasteiger partial charge in [-0.25, -0.2) is 9.78 Å². The molecule has 0 bridgehead atoms. The summed E-state index contributed by atoms with van der Waals surface area (Å²) in [6, 6.07) is 4.00. The fourth-order valence-corrected chi connectivity index (χ4v) is 2.58. The standard InChI is InChI=1S/C16H24ClN3O2/c1-16(2,3)22-15(21)19-13-6-8-20(9-7-13)11-12-4-5-14(17)18-10-12/h4-5,10,13H,6-9,11H2,1-3H3,(H,19,21). The van der Waals surface area contributed by atoms with Crippen LogP contribution in [0.3, 0.4) is 0 Å². The number of carbonyl (C=O) groups is 1. The van der Waals surface area contributed by atoms with Gasteiger partial charge in [-0.3, -0.25) is 4.90 Å². The maximum atomic E-state index is 11.8. The van der Waals surface area contributed by atoms with Gasteiger partial charge in [0.2, 0.25) is 0 Å². The van der Waals surface area contributed by atoms with Crippen LogP contribution in [0.15, 0.2) is 18.3 Å². The molecule has 2 heterocycles. The van der Waals surface area contributed by atoms with Crippen LogP contribution in [0.1, 0.15) is 39.2 Å². The van der Waals surface area contributed by atoms with E-state index in [1.807, 2.05) is 39.1 Å². The minimum Gasteiger partial charge on any atom is -0.444 e. The second-order valence-corrected chi connectivity index (χ2v) is 7.07. The molecule has 5 nitrogen and oxygen atoms in total. The van der Waals surface area contributed by atoms with Crippen molar-refractivity contribution in [2.45, 2.75) is 51.8 Å². The van der Waals surface area contributed by atoms with E-state index in [1.54, 1.807) is 0 Å². The Morgan fingerprint density at radius 2 is 2.09 bits per heavy atom. The van der Waals surface area contributed by atoms with Crippen LogP contribution in [-0.2, 0) is 11.3 Å². The van der Waals surface area contributed by atoms with Gasteiger partial charge in [0.05, 0.1) is 0 Å². The summed E-state index contributed by atoms with van der Waals surface area (Å²) in [6.07, 6.45) is 3.35. The Labute approximate surface area is 137 Å².